The number of hydrogen-bond donors (Lipinski definition) is 3. The number of anilines is 2. The number of aromatic nitrogens is 1. The van der Waals surface area contributed by atoms with Gasteiger partial charge in [0.1, 0.15) is 5.69 Å². The number of H-pyrrole nitrogens is 1. The predicted octanol–water partition coefficient (Wildman–Crippen LogP) is 4.53. The number of aromatic amines is 1. The van der Waals surface area contributed by atoms with Crippen LogP contribution in [0.3, 0.4) is 0 Å². The number of nitrogen functional groups attached to an aromatic ring is 1. The van der Waals surface area contributed by atoms with Crippen molar-refractivity contribution in [1.29, 1.82) is 0 Å². The summed E-state index contributed by atoms with van der Waals surface area (Å²) < 4.78 is 1.75. The Morgan fingerprint density at radius 2 is 1.90 bits per heavy atom. The van der Waals surface area contributed by atoms with Crippen LogP contribution in [-0.4, -0.2) is 10.9 Å². The van der Waals surface area contributed by atoms with Gasteiger partial charge in [0.2, 0.25) is 0 Å². The Labute approximate surface area is 138 Å². The Morgan fingerprint density at radius 1 is 1.10 bits per heavy atom. The molecule has 0 saturated heterocycles. The lowest BCUT2D eigenvalue weighted by Gasteiger charge is -2.06. The van der Waals surface area contributed by atoms with Crippen molar-refractivity contribution in [3.63, 3.8) is 0 Å². The summed E-state index contributed by atoms with van der Waals surface area (Å²) in [6, 6.07) is 12.8. The summed E-state index contributed by atoms with van der Waals surface area (Å²) in [6.07, 6.45) is 0. The van der Waals surface area contributed by atoms with Crippen LogP contribution in [0, 0.1) is 0 Å². The first-order valence-electron chi connectivity index (χ1n) is 6.17. The lowest BCUT2D eigenvalue weighted by molar-refractivity contribution is 0.102. The molecule has 106 valence electrons. The third-order valence-electron chi connectivity index (χ3n) is 3.07. The number of rotatable bonds is 2. The molecule has 0 bridgehead atoms. The fraction of sp³-hybridized carbons (Fsp3) is 0. The molecular formula is C15H11Br2N3O. The van der Waals surface area contributed by atoms with Crippen molar-refractivity contribution < 1.29 is 4.79 Å². The maximum atomic E-state index is 12.3. The van der Waals surface area contributed by atoms with Crippen LogP contribution in [0.1, 0.15) is 10.5 Å². The van der Waals surface area contributed by atoms with Crippen LogP contribution in [0.2, 0.25) is 0 Å². The van der Waals surface area contributed by atoms with Gasteiger partial charge in [0.15, 0.2) is 0 Å². The zero-order valence-corrected chi connectivity index (χ0v) is 14.0. The molecule has 6 heteroatoms. The lowest BCUT2D eigenvalue weighted by Crippen LogP contribution is -2.12. The van der Waals surface area contributed by atoms with Crippen LogP contribution in [0.25, 0.3) is 10.9 Å². The number of benzene rings is 2. The first-order chi connectivity index (χ1) is 10.0. The van der Waals surface area contributed by atoms with E-state index in [1.807, 2.05) is 30.3 Å². The van der Waals surface area contributed by atoms with Gasteiger partial charge in [-0.2, -0.15) is 0 Å². The Kier molecular flexibility index (Phi) is 3.73. The molecule has 0 atom stereocenters. The predicted molar refractivity (Wildman–Crippen MR) is 92.5 cm³/mol. The lowest BCUT2D eigenvalue weighted by atomic mass is 10.2. The topological polar surface area (TPSA) is 70.9 Å². The summed E-state index contributed by atoms with van der Waals surface area (Å²) in [4.78, 5) is 15.4. The highest BCUT2D eigenvalue weighted by atomic mass is 79.9. The quantitative estimate of drug-likeness (QED) is 0.545. The van der Waals surface area contributed by atoms with Crippen molar-refractivity contribution in [2.75, 3.05) is 11.1 Å². The molecule has 0 unspecified atom stereocenters. The third-order valence-corrected chi connectivity index (χ3v) is 4.22. The summed E-state index contributed by atoms with van der Waals surface area (Å²) in [5.41, 5.74) is 8.49. The van der Waals surface area contributed by atoms with E-state index in [0.29, 0.717) is 17.1 Å². The normalized spacial score (nSPS) is 10.8. The minimum absolute atomic E-state index is 0.201. The Balaban J connectivity index is 1.89. The Bertz CT molecular complexity index is 842. The minimum atomic E-state index is -0.201. The van der Waals surface area contributed by atoms with Crippen molar-refractivity contribution in [3.8, 4) is 0 Å². The van der Waals surface area contributed by atoms with Crippen molar-refractivity contribution in [3.05, 3.63) is 57.1 Å². The zero-order valence-electron chi connectivity index (χ0n) is 10.8. The van der Waals surface area contributed by atoms with Crippen LogP contribution in [0.15, 0.2) is 51.4 Å². The Morgan fingerprint density at radius 3 is 2.67 bits per heavy atom. The molecule has 0 aliphatic rings. The molecule has 2 aromatic carbocycles. The van der Waals surface area contributed by atoms with E-state index in [-0.39, 0.29) is 5.91 Å². The number of halogens is 2. The summed E-state index contributed by atoms with van der Waals surface area (Å²) in [7, 11) is 0. The number of nitrogens with two attached hydrogens (primary N) is 1. The highest BCUT2D eigenvalue weighted by Crippen LogP contribution is 2.27. The number of hydrogen-bond acceptors (Lipinski definition) is 2. The zero-order chi connectivity index (χ0) is 15.0. The van der Waals surface area contributed by atoms with Gasteiger partial charge in [-0.1, -0.05) is 15.9 Å². The highest BCUT2D eigenvalue weighted by Gasteiger charge is 2.11. The average molecular weight is 409 g/mol. The number of amides is 1. The molecule has 3 aromatic rings. The fourth-order valence-corrected chi connectivity index (χ4v) is 3.20. The number of carbonyl (C=O) groups is 1. The van der Waals surface area contributed by atoms with Gasteiger partial charge in [0.25, 0.3) is 5.91 Å². The van der Waals surface area contributed by atoms with Gasteiger partial charge in [0.05, 0.1) is 5.69 Å². The maximum absolute atomic E-state index is 12.3. The van der Waals surface area contributed by atoms with Crippen LogP contribution < -0.4 is 11.1 Å². The van der Waals surface area contributed by atoms with E-state index in [2.05, 4.69) is 42.2 Å². The summed E-state index contributed by atoms with van der Waals surface area (Å²) in [6.45, 7) is 0. The SMILES string of the molecule is Nc1ccc2[nH]c(C(=O)Nc3ccc(Br)cc3Br)cc2c1. The van der Waals surface area contributed by atoms with Gasteiger partial charge in [-0.05, 0) is 58.4 Å². The second kappa shape index (κ2) is 5.54. The maximum Gasteiger partial charge on any atom is 0.272 e. The molecule has 0 aliphatic carbocycles. The molecule has 1 amide bonds. The molecule has 4 nitrogen and oxygen atoms in total. The largest absolute Gasteiger partial charge is 0.399 e. The first-order valence-corrected chi connectivity index (χ1v) is 7.76. The van der Waals surface area contributed by atoms with E-state index in [4.69, 9.17) is 5.73 Å². The number of carbonyl (C=O) groups excluding carboxylic acids is 1. The number of nitrogens with one attached hydrogen (secondary N) is 2. The molecule has 4 N–H and O–H groups in total. The molecule has 1 heterocycles. The third kappa shape index (κ3) is 2.96. The van der Waals surface area contributed by atoms with E-state index < -0.39 is 0 Å². The molecule has 0 fully saturated rings. The van der Waals surface area contributed by atoms with Gasteiger partial charge >= 0.3 is 0 Å². The van der Waals surface area contributed by atoms with Crippen molar-refractivity contribution >= 4 is 60.0 Å². The Hall–Kier alpha value is -1.79. The second-order valence-corrected chi connectivity index (χ2v) is 6.38. The van der Waals surface area contributed by atoms with Gasteiger partial charge in [-0.15, -0.1) is 0 Å². The van der Waals surface area contributed by atoms with Gasteiger partial charge in [0, 0.05) is 25.5 Å². The molecular weight excluding hydrogens is 398 g/mol. The smallest absolute Gasteiger partial charge is 0.272 e. The molecule has 0 saturated carbocycles. The average Bonchev–Trinajstić information content (AvgIpc) is 2.85. The molecule has 0 radical (unpaired) electrons. The van der Waals surface area contributed by atoms with Crippen molar-refractivity contribution in [2.45, 2.75) is 0 Å². The van der Waals surface area contributed by atoms with Crippen LogP contribution >= 0.6 is 31.9 Å². The van der Waals surface area contributed by atoms with Gasteiger partial charge in [-0.3, -0.25) is 4.79 Å². The van der Waals surface area contributed by atoms with Crippen LogP contribution in [0.4, 0.5) is 11.4 Å². The molecule has 0 aliphatic heterocycles. The minimum Gasteiger partial charge on any atom is -0.399 e. The van der Waals surface area contributed by atoms with Crippen LogP contribution in [0.5, 0.6) is 0 Å². The standard InChI is InChI=1S/C15H11Br2N3O/c16-9-1-3-13(11(17)7-9)20-15(21)14-6-8-5-10(18)2-4-12(8)19-14/h1-7,19H,18H2,(H,20,21). The van der Waals surface area contributed by atoms with Crippen molar-refractivity contribution in [2.24, 2.45) is 0 Å². The summed E-state index contributed by atoms with van der Waals surface area (Å²) in [5.74, 6) is -0.201. The van der Waals surface area contributed by atoms with Crippen LogP contribution in [-0.2, 0) is 0 Å². The first kappa shape index (κ1) is 14.2. The van der Waals surface area contributed by atoms with E-state index in [0.717, 1.165) is 19.8 Å². The van der Waals surface area contributed by atoms with E-state index >= 15 is 0 Å². The summed E-state index contributed by atoms with van der Waals surface area (Å²) >= 11 is 6.80. The highest BCUT2D eigenvalue weighted by molar-refractivity contribution is 9.11. The van der Waals surface area contributed by atoms with E-state index in [9.17, 15) is 4.79 Å². The molecule has 1 aromatic heterocycles. The molecule has 3 rings (SSSR count). The monoisotopic (exact) mass is 407 g/mol. The molecule has 0 spiro atoms. The van der Waals surface area contributed by atoms with E-state index in [1.54, 1.807) is 12.1 Å². The second-order valence-electron chi connectivity index (χ2n) is 4.61. The van der Waals surface area contributed by atoms with Gasteiger partial charge in [-0.25, -0.2) is 0 Å². The molecule has 21 heavy (non-hydrogen) atoms. The van der Waals surface area contributed by atoms with Gasteiger partial charge < -0.3 is 16.0 Å². The number of fused-ring (bicyclic) bond motifs is 1. The van der Waals surface area contributed by atoms with E-state index in [1.165, 1.54) is 0 Å². The fourth-order valence-electron chi connectivity index (χ4n) is 2.05. The summed E-state index contributed by atoms with van der Waals surface area (Å²) in [5, 5.41) is 3.77. The van der Waals surface area contributed by atoms with Crippen molar-refractivity contribution in [1.82, 2.24) is 4.98 Å².